The highest BCUT2D eigenvalue weighted by molar-refractivity contribution is 7.71. The van der Waals surface area contributed by atoms with Crippen LogP contribution in [-0.4, -0.2) is 14.8 Å². The zero-order valence-electron chi connectivity index (χ0n) is 9.90. The molecule has 2 heterocycles. The lowest BCUT2D eigenvalue weighted by molar-refractivity contribution is 0.580. The maximum Gasteiger partial charge on any atom is 0.195 e. The third-order valence-corrected chi connectivity index (χ3v) is 4.33. The Kier molecular flexibility index (Phi) is 3.70. The van der Waals surface area contributed by atoms with Gasteiger partial charge in [-0.25, -0.2) is 0 Å². The van der Waals surface area contributed by atoms with Gasteiger partial charge in [0.1, 0.15) is 5.82 Å². The number of nitrogens with zero attached hydrogens (tertiary/aromatic N) is 2. The summed E-state index contributed by atoms with van der Waals surface area (Å²) in [6.45, 7) is 6.32. The van der Waals surface area contributed by atoms with Crippen molar-refractivity contribution >= 4 is 35.2 Å². The molecular formula is C11H14ClN3S2. The SMILES string of the molecule is CC(C)c1n[nH]c(=S)n1C(C)c1ccc(Cl)s1. The topological polar surface area (TPSA) is 33.6 Å². The average Bonchev–Trinajstić information content (AvgIpc) is 2.83. The number of H-pyrrole nitrogens is 1. The van der Waals surface area contributed by atoms with Crippen molar-refractivity contribution in [2.45, 2.75) is 32.7 Å². The summed E-state index contributed by atoms with van der Waals surface area (Å²) in [4.78, 5) is 1.19. The van der Waals surface area contributed by atoms with Gasteiger partial charge in [-0.05, 0) is 31.3 Å². The molecule has 1 N–H and O–H groups in total. The normalized spacial score (nSPS) is 13.2. The van der Waals surface area contributed by atoms with Crippen LogP contribution in [0.15, 0.2) is 12.1 Å². The van der Waals surface area contributed by atoms with Crippen molar-refractivity contribution in [1.82, 2.24) is 14.8 Å². The van der Waals surface area contributed by atoms with Gasteiger partial charge < -0.3 is 0 Å². The minimum atomic E-state index is 0.163. The molecule has 2 rings (SSSR count). The first-order valence-corrected chi connectivity index (χ1v) is 7.03. The van der Waals surface area contributed by atoms with Crippen LogP contribution >= 0.6 is 35.2 Å². The third kappa shape index (κ3) is 2.46. The van der Waals surface area contributed by atoms with Crippen molar-refractivity contribution in [3.05, 3.63) is 31.9 Å². The zero-order chi connectivity index (χ0) is 12.6. The van der Waals surface area contributed by atoms with Gasteiger partial charge in [0, 0.05) is 10.8 Å². The third-order valence-electron chi connectivity index (χ3n) is 2.64. The Morgan fingerprint density at radius 2 is 2.12 bits per heavy atom. The van der Waals surface area contributed by atoms with Gasteiger partial charge in [-0.15, -0.1) is 11.3 Å². The van der Waals surface area contributed by atoms with E-state index in [0.29, 0.717) is 10.7 Å². The van der Waals surface area contributed by atoms with Crippen LogP contribution in [0.5, 0.6) is 0 Å². The largest absolute Gasteiger partial charge is 0.296 e. The van der Waals surface area contributed by atoms with E-state index in [1.54, 1.807) is 11.3 Å². The molecule has 3 nitrogen and oxygen atoms in total. The van der Waals surface area contributed by atoms with Gasteiger partial charge in [0.05, 0.1) is 10.4 Å². The molecule has 17 heavy (non-hydrogen) atoms. The predicted octanol–water partition coefficient (Wildman–Crippen LogP) is 4.39. The van der Waals surface area contributed by atoms with E-state index < -0.39 is 0 Å². The number of hydrogen-bond donors (Lipinski definition) is 1. The molecule has 0 aliphatic heterocycles. The van der Waals surface area contributed by atoms with Crippen LogP contribution in [-0.2, 0) is 0 Å². The van der Waals surface area contributed by atoms with E-state index in [0.717, 1.165) is 10.2 Å². The van der Waals surface area contributed by atoms with Crippen molar-refractivity contribution < 1.29 is 0 Å². The second-order valence-electron chi connectivity index (χ2n) is 4.23. The molecule has 0 aliphatic rings. The quantitative estimate of drug-likeness (QED) is 0.850. The summed E-state index contributed by atoms with van der Waals surface area (Å²) >= 11 is 12.8. The highest BCUT2D eigenvalue weighted by Crippen LogP contribution is 2.30. The van der Waals surface area contributed by atoms with Crippen LogP contribution in [0.1, 0.15) is 43.4 Å². The molecule has 0 bridgehead atoms. The van der Waals surface area contributed by atoms with Crippen LogP contribution in [0.4, 0.5) is 0 Å². The Balaban J connectivity index is 2.46. The summed E-state index contributed by atoms with van der Waals surface area (Å²) in [6.07, 6.45) is 0. The first kappa shape index (κ1) is 12.8. The second kappa shape index (κ2) is 4.92. The second-order valence-corrected chi connectivity index (χ2v) is 6.36. The van der Waals surface area contributed by atoms with Crippen molar-refractivity contribution in [1.29, 1.82) is 0 Å². The Labute approximate surface area is 114 Å². The zero-order valence-corrected chi connectivity index (χ0v) is 12.3. The molecule has 0 aromatic carbocycles. The monoisotopic (exact) mass is 287 g/mol. The van der Waals surface area contributed by atoms with Gasteiger partial charge in [0.15, 0.2) is 4.77 Å². The van der Waals surface area contributed by atoms with Crippen LogP contribution < -0.4 is 0 Å². The van der Waals surface area contributed by atoms with Crippen LogP contribution in [0, 0.1) is 4.77 Å². The fourth-order valence-corrected chi connectivity index (χ4v) is 3.18. The molecule has 0 amide bonds. The molecule has 0 spiro atoms. The summed E-state index contributed by atoms with van der Waals surface area (Å²) in [5.74, 6) is 1.31. The molecule has 2 aromatic rings. The molecule has 0 saturated carbocycles. The molecule has 6 heteroatoms. The van der Waals surface area contributed by atoms with Gasteiger partial charge >= 0.3 is 0 Å². The van der Waals surface area contributed by atoms with Crippen molar-refractivity contribution in [3.8, 4) is 0 Å². The fourth-order valence-electron chi connectivity index (χ4n) is 1.78. The molecule has 0 aliphatic carbocycles. The first-order chi connectivity index (χ1) is 8.00. The average molecular weight is 288 g/mol. The Morgan fingerprint density at radius 3 is 2.65 bits per heavy atom. The smallest absolute Gasteiger partial charge is 0.195 e. The summed E-state index contributed by atoms with van der Waals surface area (Å²) in [5, 5.41) is 7.15. The summed E-state index contributed by atoms with van der Waals surface area (Å²) < 4.78 is 3.51. The maximum absolute atomic E-state index is 5.97. The number of thiophene rings is 1. The molecule has 0 fully saturated rings. The highest BCUT2D eigenvalue weighted by Gasteiger charge is 2.18. The number of halogens is 1. The van der Waals surface area contributed by atoms with Gasteiger partial charge in [-0.1, -0.05) is 25.4 Å². The lowest BCUT2D eigenvalue weighted by Gasteiger charge is -2.15. The standard InChI is InChI=1S/C11H14ClN3S2/c1-6(2)10-13-14-11(16)15(10)7(3)8-4-5-9(12)17-8/h4-7H,1-3H3,(H,14,16). The Morgan fingerprint density at radius 1 is 1.41 bits per heavy atom. The van der Waals surface area contributed by atoms with Crippen LogP contribution in [0.2, 0.25) is 4.34 Å². The predicted molar refractivity (Wildman–Crippen MR) is 74.6 cm³/mol. The number of rotatable bonds is 3. The van der Waals surface area contributed by atoms with E-state index in [-0.39, 0.29) is 6.04 Å². The van der Waals surface area contributed by atoms with Crippen molar-refractivity contribution in [2.75, 3.05) is 0 Å². The van der Waals surface area contributed by atoms with E-state index >= 15 is 0 Å². The summed E-state index contributed by atoms with van der Waals surface area (Å²) in [5.41, 5.74) is 0. The lowest BCUT2D eigenvalue weighted by atomic mass is 10.2. The molecule has 92 valence electrons. The van der Waals surface area contributed by atoms with E-state index in [1.807, 2.05) is 12.1 Å². The van der Waals surface area contributed by atoms with Gasteiger partial charge in [-0.2, -0.15) is 5.10 Å². The number of aromatic amines is 1. The van der Waals surface area contributed by atoms with Gasteiger partial charge in [0.25, 0.3) is 0 Å². The minimum Gasteiger partial charge on any atom is -0.296 e. The van der Waals surface area contributed by atoms with Crippen molar-refractivity contribution in [2.24, 2.45) is 0 Å². The van der Waals surface area contributed by atoms with E-state index in [1.165, 1.54) is 4.88 Å². The molecule has 1 atom stereocenters. The summed E-state index contributed by atoms with van der Waals surface area (Å²) in [6, 6.07) is 4.11. The Bertz CT molecular complexity index is 567. The van der Waals surface area contributed by atoms with Crippen LogP contribution in [0.25, 0.3) is 0 Å². The van der Waals surface area contributed by atoms with Crippen molar-refractivity contribution in [3.63, 3.8) is 0 Å². The first-order valence-electron chi connectivity index (χ1n) is 5.42. The number of nitrogens with one attached hydrogen (secondary N) is 1. The molecule has 0 saturated heterocycles. The number of aromatic nitrogens is 3. The summed E-state index contributed by atoms with van der Waals surface area (Å²) in [7, 11) is 0. The van der Waals surface area contributed by atoms with E-state index in [2.05, 4.69) is 35.5 Å². The van der Waals surface area contributed by atoms with E-state index in [4.69, 9.17) is 23.8 Å². The molecule has 0 radical (unpaired) electrons. The fraction of sp³-hybridized carbons (Fsp3) is 0.455. The minimum absolute atomic E-state index is 0.163. The molecule has 1 unspecified atom stereocenters. The maximum atomic E-state index is 5.97. The lowest BCUT2D eigenvalue weighted by Crippen LogP contribution is -2.11. The number of hydrogen-bond acceptors (Lipinski definition) is 3. The molecular weight excluding hydrogens is 274 g/mol. The van der Waals surface area contributed by atoms with Crippen LogP contribution in [0.3, 0.4) is 0 Å². The van der Waals surface area contributed by atoms with Gasteiger partial charge in [0.2, 0.25) is 0 Å². The molecule has 2 aromatic heterocycles. The van der Waals surface area contributed by atoms with Gasteiger partial charge in [-0.3, -0.25) is 9.67 Å². The Hall–Kier alpha value is -0.650. The highest BCUT2D eigenvalue weighted by atomic mass is 35.5. The van der Waals surface area contributed by atoms with E-state index in [9.17, 15) is 0 Å².